The molecule has 0 spiro atoms. The molecule has 3 nitrogen and oxygen atoms in total. The van der Waals surface area contributed by atoms with Gasteiger partial charge in [0.25, 0.3) is 5.91 Å². The van der Waals surface area contributed by atoms with Crippen LogP contribution in [0.2, 0.25) is 0 Å². The van der Waals surface area contributed by atoms with Crippen LogP contribution in [0.3, 0.4) is 0 Å². The van der Waals surface area contributed by atoms with Gasteiger partial charge in [-0.25, -0.2) is 0 Å². The average molecular weight is 214 g/mol. The number of rotatable bonds is 2. The van der Waals surface area contributed by atoms with Gasteiger partial charge in [-0.1, -0.05) is 0 Å². The Morgan fingerprint density at radius 3 is 2.12 bits per heavy atom. The predicted octanol–water partition coefficient (Wildman–Crippen LogP) is 2.18. The van der Waals surface area contributed by atoms with Crippen molar-refractivity contribution < 1.29 is 4.79 Å². The van der Waals surface area contributed by atoms with Crippen LogP contribution < -0.4 is 0 Å². The molecule has 1 aromatic heterocycles. The quantitative estimate of drug-likeness (QED) is 0.752. The number of benzene rings is 1. The molecule has 0 aliphatic carbocycles. The molecular formula is C13H14N2O. The van der Waals surface area contributed by atoms with Gasteiger partial charge in [0.1, 0.15) is 0 Å². The zero-order chi connectivity index (χ0) is 11.5. The Morgan fingerprint density at radius 1 is 1.06 bits per heavy atom. The van der Waals surface area contributed by atoms with Gasteiger partial charge in [0.15, 0.2) is 0 Å². The maximum atomic E-state index is 11.7. The van der Waals surface area contributed by atoms with Crippen molar-refractivity contribution in [1.29, 1.82) is 0 Å². The smallest absolute Gasteiger partial charge is 0.253 e. The van der Waals surface area contributed by atoms with Crippen molar-refractivity contribution in [2.45, 2.75) is 0 Å². The van der Waals surface area contributed by atoms with Crippen molar-refractivity contribution in [1.82, 2.24) is 9.47 Å². The van der Waals surface area contributed by atoms with Crippen LogP contribution in [0.5, 0.6) is 0 Å². The minimum absolute atomic E-state index is 0.0269. The van der Waals surface area contributed by atoms with E-state index in [4.69, 9.17) is 0 Å². The first-order chi connectivity index (χ1) is 7.68. The second kappa shape index (κ2) is 4.23. The largest absolute Gasteiger partial charge is 0.345 e. The molecule has 0 aliphatic rings. The van der Waals surface area contributed by atoms with Crippen LogP contribution in [0.15, 0.2) is 48.8 Å². The molecule has 0 saturated heterocycles. The first kappa shape index (κ1) is 10.5. The van der Waals surface area contributed by atoms with Crippen LogP contribution in [0, 0.1) is 0 Å². The number of carbonyl (C=O) groups excluding carboxylic acids is 1. The van der Waals surface area contributed by atoms with E-state index in [1.54, 1.807) is 19.0 Å². The molecule has 1 heterocycles. The maximum absolute atomic E-state index is 11.7. The zero-order valence-corrected chi connectivity index (χ0v) is 9.42. The first-order valence-electron chi connectivity index (χ1n) is 5.13. The second-order valence-electron chi connectivity index (χ2n) is 3.84. The van der Waals surface area contributed by atoms with E-state index in [2.05, 4.69) is 0 Å². The van der Waals surface area contributed by atoms with Gasteiger partial charge in [0.05, 0.1) is 0 Å². The minimum atomic E-state index is 0.0269. The Labute approximate surface area is 94.9 Å². The van der Waals surface area contributed by atoms with Crippen molar-refractivity contribution in [2.24, 2.45) is 0 Å². The highest BCUT2D eigenvalue weighted by Gasteiger charge is 2.06. The van der Waals surface area contributed by atoms with Crippen molar-refractivity contribution in [3.05, 3.63) is 54.4 Å². The third kappa shape index (κ3) is 1.98. The molecule has 1 amide bonds. The van der Waals surface area contributed by atoms with Crippen molar-refractivity contribution >= 4 is 5.91 Å². The average Bonchev–Trinajstić information content (AvgIpc) is 2.81. The molecule has 2 aromatic rings. The molecule has 0 fully saturated rings. The molecule has 0 atom stereocenters. The number of hydrogen-bond donors (Lipinski definition) is 0. The number of hydrogen-bond acceptors (Lipinski definition) is 1. The molecule has 0 N–H and O–H groups in total. The third-order valence-corrected chi connectivity index (χ3v) is 2.42. The third-order valence-electron chi connectivity index (χ3n) is 2.42. The molecule has 3 heteroatoms. The van der Waals surface area contributed by atoms with Gasteiger partial charge in [0, 0.05) is 37.7 Å². The van der Waals surface area contributed by atoms with Gasteiger partial charge in [-0.2, -0.15) is 0 Å². The van der Waals surface area contributed by atoms with Crippen LogP contribution in [-0.2, 0) is 0 Å². The lowest BCUT2D eigenvalue weighted by atomic mass is 10.2. The summed E-state index contributed by atoms with van der Waals surface area (Å²) in [6.07, 6.45) is 3.95. The van der Waals surface area contributed by atoms with E-state index in [0.717, 1.165) is 5.69 Å². The fraction of sp³-hybridized carbons (Fsp3) is 0.154. The summed E-state index contributed by atoms with van der Waals surface area (Å²) in [5.41, 5.74) is 1.77. The highest BCUT2D eigenvalue weighted by molar-refractivity contribution is 5.94. The molecule has 0 aliphatic heterocycles. The molecule has 16 heavy (non-hydrogen) atoms. The van der Waals surface area contributed by atoms with Crippen LogP contribution in [0.1, 0.15) is 10.4 Å². The van der Waals surface area contributed by atoms with Crippen molar-refractivity contribution in [2.75, 3.05) is 14.1 Å². The molecule has 0 bridgehead atoms. The Kier molecular flexibility index (Phi) is 2.77. The van der Waals surface area contributed by atoms with E-state index >= 15 is 0 Å². The van der Waals surface area contributed by atoms with Gasteiger partial charge in [-0.3, -0.25) is 4.79 Å². The molecule has 0 saturated carbocycles. The fourth-order valence-corrected chi connectivity index (χ4v) is 1.54. The van der Waals surface area contributed by atoms with E-state index in [1.165, 1.54) is 0 Å². The summed E-state index contributed by atoms with van der Waals surface area (Å²) in [5.74, 6) is 0.0269. The maximum Gasteiger partial charge on any atom is 0.253 e. The summed E-state index contributed by atoms with van der Waals surface area (Å²) >= 11 is 0. The summed E-state index contributed by atoms with van der Waals surface area (Å²) in [6, 6.07) is 11.5. The minimum Gasteiger partial charge on any atom is -0.345 e. The van der Waals surface area contributed by atoms with Gasteiger partial charge in [0.2, 0.25) is 0 Å². The van der Waals surface area contributed by atoms with Crippen LogP contribution >= 0.6 is 0 Å². The highest BCUT2D eigenvalue weighted by atomic mass is 16.2. The summed E-state index contributed by atoms with van der Waals surface area (Å²) in [5, 5.41) is 0. The van der Waals surface area contributed by atoms with E-state index < -0.39 is 0 Å². The molecule has 1 aromatic carbocycles. The second-order valence-corrected chi connectivity index (χ2v) is 3.84. The molecule has 82 valence electrons. The van der Waals surface area contributed by atoms with E-state index in [1.807, 2.05) is 53.4 Å². The topological polar surface area (TPSA) is 25.2 Å². The molecule has 2 rings (SSSR count). The lowest BCUT2D eigenvalue weighted by Gasteiger charge is -2.10. The zero-order valence-electron chi connectivity index (χ0n) is 9.42. The van der Waals surface area contributed by atoms with Crippen LogP contribution in [0.25, 0.3) is 5.69 Å². The summed E-state index contributed by atoms with van der Waals surface area (Å²) < 4.78 is 2.00. The lowest BCUT2D eigenvalue weighted by Crippen LogP contribution is -2.21. The van der Waals surface area contributed by atoms with Crippen molar-refractivity contribution in [3.63, 3.8) is 0 Å². The normalized spacial score (nSPS) is 10.1. The van der Waals surface area contributed by atoms with E-state index in [9.17, 15) is 4.79 Å². The SMILES string of the molecule is CN(C)C(=O)c1ccc(-n2cccc2)cc1. The van der Waals surface area contributed by atoms with E-state index in [0.29, 0.717) is 5.56 Å². The summed E-state index contributed by atoms with van der Waals surface area (Å²) in [4.78, 5) is 13.2. The number of carbonyl (C=O) groups is 1. The monoisotopic (exact) mass is 214 g/mol. The predicted molar refractivity (Wildman–Crippen MR) is 63.8 cm³/mol. The number of aromatic nitrogens is 1. The van der Waals surface area contributed by atoms with Gasteiger partial charge < -0.3 is 9.47 Å². The number of nitrogens with zero attached hydrogens (tertiary/aromatic N) is 2. The Balaban J connectivity index is 2.27. The van der Waals surface area contributed by atoms with E-state index in [-0.39, 0.29) is 5.91 Å². The molecular weight excluding hydrogens is 200 g/mol. The van der Waals surface area contributed by atoms with Gasteiger partial charge >= 0.3 is 0 Å². The first-order valence-corrected chi connectivity index (χ1v) is 5.13. The van der Waals surface area contributed by atoms with Gasteiger partial charge in [-0.15, -0.1) is 0 Å². The number of amides is 1. The molecule has 0 radical (unpaired) electrons. The summed E-state index contributed by atoms with van der Waals surface area (Å²) in [7, 11) is 3.50. The highest BCUT2D eigenvalue weighted by Crippen LogP contribution is 2.10. The lowest BCUT2D eigenvalue weighted by molar-refractivity contribution is 0.0827. The van der Waals surface area contributed by atoms with Crippen LogP contribution in [-0.4, -0.2) is 29.5 Å². The van der Waals surface area contributed by atoms with Gasteiger partial charge in [-0.05, 0) is 36.4 Å². The van der Waals surface area contributed by atoms with Crippen LogP contribution in [0.4, 0.5) is 0 Å². The molecule has 0 unspecified atom stereocenters. The van der Waals surface area contributed by atoms with Crippen molar-refractivity contribution in [3.8, 4) is 5.69 Å². The Morgan fingerprint density at radius 2 is 1.62 bits per heavy atom. The Bertz CT molecular complexity index is 469. The standard InChI is InChI=1S/C13H14N2O/c1-14(2)13(16)11-5-7-12(8-6-11)15-9-3-4-10-15/h3-10H,1-2H3. The fourth-order valence-electron chi connectivity index (χ4n) is 1.54. The Hall–Kier alpha value is -2.03. The summed E-state index contributed by atoms with van der Waals surface area (Å²) in [6.45, 7) is 0.